The van der Waals surface area contributed by atoms with Crippen molar-refractivity contribution >= 4 is 17.6 Å². The Bertz CT molecular complexity index is 578. The molecule has 3 N–H and O–H groups in total. The SMILES string of the molecule is CCC(C)N(C)CCNC(=O)NCC(=O)Nc1c(C)cc(C)cc1C. The summed E-state index contributed by atoms with van der Waals surface area (Å²) in [7, 11) is 2.04. The Morgan fingerprint density at radius 2 is 1.72 bits per heavy atom. The van der Waals surface area contributed by atoms with Crippen LogP contribution in [0.4, 0.5) is 10.5 Å². The number of carbonyl (C=O) groups excluding carboxylic acids is 2. The lowest BCUT2D eigenvalue weighted by atomic mass is 10.1. The van der Waals surface area contributed by atoms with Crippen LogP contribution < -0.4 is 16.0 Å². The highest BCUT2D eigenvalue weighted by molar-refractivity contribution is 5.95. The first-order valence-electron chi connectivity index (χ1n) is 8.84. The van der Waals surface area contributed by atoms with Crippen molar-refractivity contribution in [3.05, 3.63) is 28.8 Å². The fourth-order valence-corrected chi connectivity index (χ4v) is 2.66. The number of hydrogen-bond acceptors (Lipinski definition) is 3. The van der Waals surface area contributed by atoms with Gasteiger partial charge in [0.05, 0.1) is 6.54 Å². The van der Waals surface area contributed by atoms with Gasteiger partial charge in [0.15, 0.2) is 0 Å². The standard InChI is InChI=1S/C19H32N4O2/c1-7-16(5)23(6)9-8-20-19(25)21-12-17(24)22-18-14(3)10-13(2)11-15(18)4/h10-11,16H,7-9,12H2,1-6H3,(H,22,24)(H2,20,21,25). The maximum absolute atomic E-state index is 12.1. The maximum atomic E-state index is 12.1. The topological polar surface area (TPSA) is 73.5 Å². The number of nitrogens with zero attached hydrogens (tertiary/aromatic N) is 1. The highest BCUT2D eigenvalue weighted by Crippen LogP contribution is 2.21. The molecule has 0 saturated carbocycles. The summed E-state index contributed by atoms with van der Waals surface area (Å²) in [5.74, 6) is -0.234. The van der Waals surface area contributed by atoms with Gasteiger partial charge in [-0.1, -0.05) is 24.6 Å². The van der Waals surface area contributed by atoms with Crippen molar-refractivity contribution in [2.45, 2.75) is 47.1 Å². The second kappa shape index (κ2) is 10.0. The van der Waals surface area contributed by atoms with E-state index in [1.807, 2.05) is 40.0 Å². The molecule has 1 aromatic carbocycles. The number of hydrogen-bond donors (Lipinski definition) is 3. The summed E-state index contributed by atoms with van der Waals surface area (Å²) in [5, 5.41) is 8.23. The quantitative estimate of drug-likeness (QED) is 0.676. The van der Waals surface area contributed by atoms with Crippen molar-refractivity contribution in [2.75, 3.05) is 32.0 Å². The molecule has 0 fully saturated rings. The monoisotopic (exact) mass is 348 g/mol. The number of benzene rings is 1. The van der Waals surface area contributed by atoms with Gasteiger partial charge in [-0.15, -0.1) is 0 Å². The van der Waals surface area contributed by atoms with E-state index in [-0.39, 0.29) is 18.5 Å². The Morgan fingerprint density at radius 3 is 2.28 bits per heavy atom. The number of amides is 3. The highest BCUT2D eigenvalue weighted by Gasteiger charge is 2.10. The Balaban J connectivity index is 2.36. The third kappa shape index (κ3) is 7.13. The summed E-state index contributed by atoms with van der Waals surface area (Å²) in [6.07, 6.45) is 1.07. The van der Waals surface area contributed by atoms with Crippen LogP contribution in [0, 0.1) is 20.8 Å². The van der Waals surface area contributed by atoms with Crippen LogP contribution in [-0.2, 0) is 4.79 Å². The number of nitrogens with one attached hydrogen (secondary N) is 3. The average Bonchev–Trinajstić information content (AvgIpc) is 2.55. The second-order valence-electron chi connectivity index (χ2n) is 6.67. The lowest BCUT2D eigenvalue weighted by Gasteiger charge is -2.23. The number of likely N-dealkylation sites (N-methyl/N-ethyl adjacent to an activating group) is 1. The smallest absolute Gasteiger partial charge is 0.315 e. The van der Waals surface area contributed by atoms with Gasteiger partial charge in [0.25, 0.3) is 0 Å². The minimum absolute atomic E-state index is 0.0558. The third-order valence-electron chi connectivity index (χ3n) is 4.44. The predicted molar refractivity (Wildman–Crippen MR) is 103 cm³/mol. The van der Waals surface area contributed by atoms with Crippen LogP contribution in [0.15, 0.2) is 12.1 Å². The summed E-state index contributed by atoms with van der Waals surface area (Å²) < 4.78 is 0. The number of urea groups is 1. The van der Waals surface area contributed by atoms with Crippen LogP contribution in [0.1, 0.15) is 37.0 Å². The molecule has 3 amide bonds. The molecule has 0 radical (unpaired) electrons. The van der Waals surface area contributed by atoms with Gasteiger partial charge in [0.1, 0.15) is 0 Å². The van der Waals surface area contributed by atoms with Crippen molar-refractivity contribution < 1.29 is 9.59 Å². The zero-order valence-corrected chi connectivity index (χ0v) is 16.3. The molecule has 0 saturated heterocycles. The molecule has 0 aliphatic carbocycles. The molecule has 140 valence electrons. The summed E-state index contributed by atoms with van der Waals surface area (Å²) in [6, 6.07) is 4.20. The molecule has 1 atom stereocenters. The minimum Gasteiger partial charge on any atom is -0.337 e. The zero-order valence-electron chi connectivity index (χ0n) is 16.3. The number of carbonyl (C=O) groups is 2. The van der Waals surface area contributed by atoms with Gasteiger partial charge in [-0.2, -0.15) is 0 Å². The van der Waals surface area contributed by atoms with Crippen molar-refractivity contribution in [1.82, 2.24) is 15.5 Å². The van der Waals surface area contributed by atoms with Gasteiger partial charge >= 0.3 is 6.03 Å². The molecule has 1 unspecified atom stereocenters. The molecule has 0 aromatic heterocycles. The first-order chi connectivity index (χ1) is 11.7. The average molecular weight is 348 g/mol. The Labute approximate surface area is 151 Å². The van der Waals surface area contributed by atoms with Crippen molar-refractivity contribution in [3.8, 4) is 0 Å². The number of rotatable bonds is 8. The summed E-state index contributed by atoms with van der Waals surface area (Å²) in [6.45, 7) is 11.5. The second-order valence-corrected chi connectivity index (χ2v) is 6.67. The van der Waals surface area contributed by atoms with Crippen LogP contribution in [-0.4, -0.2) is 49.6 Å². The Hall–Kier alpha value is -2.08. The van der Waals surface area contributed by atoms with Gasteiger partial charge in [-0.3, -0.25) is 4.79 Å². The fraction of sp³-hybridized carbons (Fsp3) is 0.579. The van der Waals surface area contributed by atoms with Crippen LogP contribution in [0.25, 0.3) is 0 Å². The Kier molecular flexibility index (Phi) is 8.41. The molecule has 6 nitrogen and oxygen atoms in total. The molecule has 0 aliphatic heterocycles. The fourth-order valence-electron chi connectivity index (χ4n) is 2.66. The molecule has 0 bridgehead atoms. The first-order valence-corrected chi connectivity index (χ1v) is 8.84. The van der Waals surface area contributed by atoms with Gasteiger partial charge in [-0.05, 0) is 52.3 Å². The van der Waals surface area contributed by atoms with Gasteiger partial charge in [-0.25, -0.2) is 4.79 Å². The number of anilines is 1. The van der Waals surface area contributed by atoms with Gasteiger partial charge < -0.3 is 20.9 Å². The molecule has 1 rings (SSSR count). The lowest BCUT2D eigenvalue weighted by Crippen LogP contribution is -2.43. The van der Waals surface area contributed by atoms with E-state index in [0.29, 0.717) is 12.6 Å². The largest absolute Gasteiger partial charge is 0.337 e. The lowest BCUT2D eigenvalue weighted by molar-refractivity contribution is -0.115. The molecule has 0 aliphatic rings. The van der Waals surface area contributed by atoms with E-state index < -0.39 is 0 Å². The minimum atomic E-state index is -0.329. The van der Waals surface area contributed by atoms with E-state index in [4.69, 9.17) is 0 Å². The van der Waals surface area contributed by atoms with Crippen LogP contribution in [0.3, 0.4) is 0 Å². The molecule has 0 heterocycles. The normalized spacial score (nSPS) is 12.0. The number of aryl methyl sites for hydroxylation is 3. The molecular formula is C19H32N4O2. The zero-order chi connectivity index (χ0) is 19.0. The van der Waals surface area contributed by atoms with Crippen molar-refractivity contribution in [2.24, 2.45) is 0 Å². The van der Waals surface area contributed by atoms with E-state index in [0.717, 1.165) is 35.3 Å². The first kappa shape index (κ1) is 21.0. The molecular weight excluding hydrogens is 316 g/mol. The molecule has 25 heavy (non-hydrogen) atoms. The molecule has 1 aromatic rings. The predicted octanol–water partition coefficient (Wildman–Crippen LogP) is 2.58. The highest BCUT2D eigenvalue weighted by atomic mass is 16.2. The summed E-state index contributed by atoms with van der Waals surface area (Å²) in [5.41, 5.74) is 4.01. The third-order valence-corrected chi connectivity index (χ3v) is 4.44. The van der Waals surface area contributed by atoms with Crippen LogP contribution in [0.2, 0.25) is 0 Å². The summed E-state index contributed by atoms with van der Waals surface area (Å²) >= 11 is 0. The summed E-state index contributed by atoms with van der Waals surface area (Å²) in [4.78, 5) is 26.0. The van der Waals surface area contributed by atoms with E-state index >= 15 is 0 Å². The van der Waals surface area contributed by atoms with Gasteiger partial charge in [0.2, 0.25) is 5.91 Å². The molecule has 0 spiro atoms. The maximum Gasteiger partial charge on any atom is 0.315 e. The van der Waals surface area contributed by atoms with E-state index in [9.17, 15) is 9.59 Å². The van der Waals surface area contributed by atoms with Crippen LogP contribution >= 0.6 is 0 Å². The van der Waals surface area contributed by atoms with Crippen molar-refractivity contribution in [1.29, 1.82) is 0 Å². The van der Waals surface area contributed by atoms with Crippen molar-refractivity contribution in [3.63, 3.8) is 0 Å². The van der Waals surface area contributed by atoms with Crippen LogP contribution in [0.5, 0.6) is 0 Å². The molecule has 6 heteroatoms. The van der Waals surface area contributed by atoms with E-state index in [1.165, 1.54) is 0 Å². The van der Waals surface area contributed by atoms with E-state index in [2.05, 4.69) is 34.7 Å². The van der Waals surface area contributed by atoms with E-state index in [1.54, 1.807) is 0 Å². The Morgan fingerprint density at radius 1 is 1.12 bits per heavy atom. The van der Waals surface area contributed by atoms with Gasteiger partial charge in [0, 0.05) is 24.8 Å².